The molecule has 2 nitrogen and oxygen atoms in total. The van der Waals surface area contributed by atoms with Crippen LogP contribution in [-0.2, 0) is 4.79 Å². The Balaban J connectivity index is 2.38. The molecule has 1 saturated carbocycles. The van der Waals surface area contributed by atoms with Gasteiger partial charge in [-0.3, -0.25) is 9.59 Å². The van der Waals surface area contributed by atoms with Crippen molar-refractivity contribution >= 4 is 11.6 Å². The summed E-state index contributed by atoms with van der Waals surface area (Å²) in [4.78, 5) is 24.5. The van der Waals surface area contributed by atoms with Gasteiger partial charge in [-0.25, -0.2) is 0 Å². The Kier molecular flexibility index (Phi) is 3.23. The van der Waals surface area contributed by atoms with Crippen LogP contribution in [0.1, 0.15) is 36.0 Å². The van der Waals surface area contributed by atoms with E-state index in [-0.39, 0.29) is 11.6 Å². The van der Waals surface area contributed by atoms with Gasteiger partial charge < -0.3 is 0 Å². The summed E-state index contributed by atoms with van der Waals surface area (Å²) in [5, 5.41) is 0. The number of benzene rings is 1. The zero-order valence-corrected chi connectivity index (χ0v) is 9.82. The highest BCUT2D eigenvalue weighted by Crippen LogP contribution is 2.41. The highest BCUT2D eigenvalue weighted by Gasteiger charge is 2.47. The van der Waals surface area contributed by atoms with Crippen molar-refractivity contribution in [2.75, 3.05) is 0 Å². The van der Waals surface area contributed by atoms with Gasteiger partial charge in [0.05, 0.1) is 5.41 Å². The number of rotatable bonds is 4. The van der Waals surface area contributed by atoms with Gasteiger partial charge in [0, 0.05) is 12.0 Å². The van der Waals surface area contributed by atoms with E-state index >= 15 is 0 Å². The molecule has 0 N–H and O–H groups in total. The van der Waals surface area contributed by atoms with Crippen LogP contribution in [0.4, 0.5) is 0 Å². The Morgan fingerprint density at radius 1 is 1.35 bits per heavy atom. The van der Waals surface area contributed by atoms with E-state index in [0.29, 0.717) is 24.8 Å². The minimum atomic E-state index is -0.830. The van der Waals surface area contributed by atoms with Crippen LogP contribution in [0.5, 0.6) is 0 Å². The third-order valence-electron chi connectivity index (χ3n) is 3.50. The lowest BCUT2D eigenvalue weighted by molar-refractivity contribution is -0.123. The number of carbonyl (C=O) groups excluding carboxylic acids is 2. The minimum Gasteiger partial charge on any atom is -0.299 e. The molecular weight excluding hydrogens is 212 g/mol. The van der Waals surface area contributed by atoms with E-state index in [9.17, 15) is 9.59 Å². The van der Waals surface area contributed by atoms with Gasteiger partial charge in [-0.15, -0.1) is 6.58 Å². The van der Waals surface area contributed by atoms with Gasteiger partial charge in [-0.1, -0.05) is 36.4 Å². The number of hydrogen-bond donors (Lipinski definition) is 0. The molecule has 1 aliphatic carbocycles. The molecule has 0 aliphatic heterocycles. The van der Waals surface area contributed by atoms with Crippen LogP contribution in [-0.4, -0.2) is 11.6 Å². The first-order valence-corrected chi connectivity index (χ1v) is 5.95. The number of allylic oxidation sites excluding steroid dienone is 1. The van der Waals surface area contributed by atoms with Gasteiger partial charge in [0.1, 0.15) is 5.78 Å². The van der Waals surface area contributed by atoms with Crippen LogP contribution in [0.2, 0.25) is 0 Å². The average molecular weight is 228 g/mol. The molecule has 2 heteroatoms. The lowest BCUT2D eigenvalue weighted by Gasteiger charge is -2.24. The van der Waals surface area contributed by atoms with Crippen LogP contribution in [0.25, 0.3) is 0 Å². The molecule has 1 aromatic rings. The molecule has 17 heavy (non-hydrogen) atoms. The average Bonchev–Trinajstić information content (AvgIpc) is 2.73. The standard InChI is InChI=1S/C15H16O2/c1-2-10-15(11-6-9-13(15)16)14(17)12-7-4-3-5-8-12/h2-5,7-8H,1,6,9-11H2. The van der Waals surface area contributed by atoms with Gasteiger partial charge in [-0.05, 0) is 19.3 Å². The van der Waals surface area contributed by atoms with Crippen molar-refractivity contribution in [3.63, 3.8) is 0 Å². The molecule has 0 saturated heterocycles. The second kappa shape index (κ2) is 4.66. The molecule has 0 spiro atoms. The van der Waals surface area contributed by atoms with Crippen LogP contribution >= 0.6 is 0 Å². The summed E-state index contributed by atoms with van der Waals surface area (Å²) in [6.07, 6.45) is 4.13. The molecule has 2 rings (SSSR count). The van der Waals surface area contributed by atoms with E-state index in [4.69, 9.17) is 0 Å². The Morgan fingerprint density at radius 3 is 2.59 bits per heavy atom. The molecule has 88 valence electrons. The minimum absolute atomic E-state index is 0.0412. The van der Waals surface area contributed by atoms with E-state index in [1.807, 2.05) is 18.2 Å². The van der Waals surface area contributed by atoms with E-state index < -0.39 is 5.41 Å². The summed E-state index contributed by atoms with van der Waals surface area (Å²) in [7, 11) is 0. The monoisotopic (exact) mass is 228 g/mol. The Hall–Kier alpha value is -1.70. The molecule has 0 bridgehead atoms. The molecule has 1 atom stereocenters. The third kappa shape index (κ3) is 1.95. The lowest BCUT2D eigenvalue weighted by atomic mass is 9.75. The number of Topliss-reactive ketones (excluding diaryl/α,β-unsaturated/α-hetero) is 2. The molecule has 1 unspecified atom stereocenters. The fourth-order valence-electron chi connectivity index (χ4n) is 2.59. The predicted octanol–water partition coefficient (Wildman–Crippen LogP) is 3.18. The van der Waals surface area contributed by atoms with Crippen molar-refractivity contribution in [1.29, 1.82) is 0 Å². The summed E-state index contributed by atoms with van der Waals surface area (Å²) in [6, 6.07) is 9.08. The predicted molar refractivity (Wildman–Crippen MR) is 66.9 cm³/mol. The highest BCUT2D eigenvalue weighted by molar-refractivity contribution is 6.15. The number of hydrogen-bond acceptors (Lipinski definition) is 2. The Bertz CT molecular complexity index is 447. The van der Waals surface area contributed by atoms with Crippen molar-refractivity contribution < 1.29 is 9.59 Å². The molecular formula is C15H16O2. The molecule has 1 fully saturated rings. The van der Waals surface area contributed by atoms with Crippen LogP contribution in [0, 0.1) is 5.41 Å². The maximum Gasteiger partial charge on any atom is 0.176 e. The normalized spacial score (nSPS) is 23.6. The maximum atomic E-state index is 12.5. The quantitative estimate of drug-likeness (QED) is 0.450. The van der Waals surface area contributed by atoms with Crippen LogP contribution < -0.4 is 0 Å². The van der Waals surface area contributed by atoms with Crippen molar-refractivity contribution in [3.8, 4) is 0 Å². The van der Waals surface area contributed by atoms with Crippen LogP contribution in [0.3, 0.4) is 0 Å². The Labute approximate surface area is 101 Å². The molecule has 1 aromatic carbocycles. The SMILES string of the molecule is C=CCC1(C(=O)c2ccccc2)CCCC1=O. The van der Waals surface area contributed by atoms with Gasteiger partial charge in [0.2, 0.25) is 0 Å². The maximum absolute atomic E-state index is 12.5. The summed E-state index contributed by atoms with van der Waals surface area (Å²) < 4.78 is 0. The molecule has 1 aliphatic rings. The second-order valence-electron chi connectivity index (χ2n) is 4.55. The summed E-state index contributed by atoms with van der Waals surface area (Å²) in [5.74, 6) is 0.0340. The smallest absolute Gasteiger partial charge is 0.176 e. The van der Waals surface area contributed by atoms with Crippen LogP contribution in [0.15, 0.2) is 43.0 Å². The van der Waals surface area contributed by atoms with Crippen molar-refractivity contribution in [2.45, 2.75) is 25.7 Å². The fourth-order valence-corrected chi connectivity index (χ4v) is 2.59. The van der Waals surface area contributed by atoms with E-state index in [2.05, 4.69) is 6.58 Å². The van der Waals surface area contributed by atoms with Gasteiger partial charge in [-0.2, -0.15) is 0 Å². The summed E-state index contributed by atoms with van der Waals surface area (Å²) in [5.41, 5.74) is -0.201. The van der Waals surface area contributed by atoms with Crippen molar-refractivity contribution in [3.05, 3.63) is 48.6 Å². The van der Waals surface area contributed by atoms with Crippen molar-refractivity contribution in [1.82, 2.24) is 0 Å². The largest absolute Gasteiger partial charge is 0.299 e. The van der Waals surface area contributed by atoms with Gasteiger partial charge >= 0.3 is 0 Å². The molecule has 0 heterocycles. The van der Waals surface area contributed by atoms with E-state index in [1.54, 1.807) is 18.2 Å². The number of carbonyl (C=O) groups is 2. The molecule has 0 amide bonds. The first-order chi connectivity index (χ1) is 8.20. The van der Waals surface area contributed by atoms with Crippen molar-refractivity contribution in [2.24, 2.45) is 5.41 Å². The van der Waals surface area contributed by atoms with E-state index in [1.165, 1.54) is 0 Å². The zero-order chi connectivity index (χ0) is 12.3. The molecule has 0 aromatic heterocycles. The van der Waals surface area contributed by atoms with Gasteiger partial charge in [0.15, 0.2) is 5.78 Å². The second-order valence-corrected chi connectivity index (χ2v) is 4.55. The topological polar surface area (TPSA) is 34.1 Å². The Morgan fingerprint density at radius 2 is 2.06 bits per heavy atom. The summed E-state index contributed by atoms with van der Waals surface area (Å²) >= 11 is 0. The molecule has 0 radical (unpaired) electrons. The fraction of sp³-hybridized carbons (Fsp3) is 0.333. The van der Waals surface area contributed by atoms with Gasteiger partial charge in [0.25, 0.3) is 0 Å². The summed E-state index contributed by atoms with van der Waals surface area (Å²) in [6.45, 7) is 3.68. The third-order valence-corrected chi connectivity index (χ3v) is 3.50. The first-order valence-electron chi connectivity index (χ1n) is 5.95. The first kappa shape index (κ1) is 11.8. The number of ketones is 2. The highest BCUT2D eigenvalue weighted by atomic mass is 16.2. The zero-order valence-electron chi connectivity index (χ0n) is 9.82. The lowest BCUT2D eigenvalue weighted by Crippen LogP contribution is -2.34. The van der Waals surface area contributed by atoms with E-state index in [0.717, 1.165) is 6.42 Å².